The number of carbonyl (C=O) groups is 2. The zero-order chi connectivity index (χ0) is 17.5. The topological polar surface area (TPSA) is 95.7 Å². The highest BCUT2D eigenvalue weighted by Gasteiger charge is 2.24. The third kappa shape index (κ3) is 4.20. The number of hydrogen-bond donors (Lipinski definition) is 2. The molecule has 0 fully saturated rings. The Hall–Kier alpha value is -2.67. The van der Waals surface area contributed by atoms with Gasteiger partial charge in [0, 0.05) is 12.1 Å². The molecule has 0 bridgehead atoms. The third-order valence-electron chi connectivity index (χ3n) is 3.65. The zero-order valence-electron chi connectivity index (χ0n) is 13.8. The average Bonchev–Trinajstić information content (AvgIpc) is 3.08. The predicted molar refractivity (Wildman–Crippen MR) is 87.4 cm³/mol. The lowest BCUT2D eigenvalue weighted by molar-refractivity contribution is -0.129. The summed E-state index contributed by atoms with van der Waals surface area (Å²) in [5, 5.41) is 12.6. The molecule has 1 aromatic carbocycles. The van der Waals surface area contributed by atoms with Crippen molar-refractivity contribution in [3.8, 4) is 11.3 Å². The van der Waals surface area contributed by atoms with Crippen LogP contribution in [0.4, 0.5) is 0 Å². The smallest absolute Gasteiger partial charge is 0.262 e. The fraction of sp³-hybridized carbons (Fsp3) is 0.353. The molecule has 0 aliphatic heterocycles. The van der Waals surface area contributed by atoms with Crippen LogP contribution in [0.15, 0.2) is 35.1 Å². The van der Waals surface area contributed by atoms with E-state index >= 15 is 0 Å². The van der Waals surface area contributed by atoms with E-state index in [1.54, 1.807) is 5.48 Å². The summed E-state index contributed by atoms with van der Waals surface area (Å²) in [6, 6.07) is 7.57. The Bertz CT molecular complexity index is 694. The maximum Gasteiger partial charge on any atom is 0.262 e. The maximum absolute atomic E-state index is 12.8. The van der Waals surface area contributed by atoms with Gasteiger partial charge in [-0.25, -0.2) is 5.48 Å². The van der Waals surface area contributed by atoms with Gasteiger partial charge in [0.2, 0.25) is 0 Å². The largest absolute Gasteiger partial charge is 0.363 e. The summed E-state index contributed by atoms with van der Waals surface area (Å²) >= 11 is 0. The number of carbonyl (C=O) groups excluding carboxylic acids is 2. The van der Waals surface area contributed by atoms with Crippen LogP contribution in [0.1, 0.15) is 35.7 Å². The highest BCUT2D eigenvalue weighted by atomic mass is 16.5. The summed E-state index contributed by atoms with van der Waals surface area (Å²) in [5.41, 5.74) is 4.14. The van der Waals surface area contributed by atoms with E-state index in [0.29, 0.717) is 17.8 Å². The SMILES string of the molecule is CCCCN(CC(=O)NO)C(=O)c1conc1-c1ccc(C)cc1. The summed E-state index contributed by atoms with van der Waals surface area (Å²) in [7, 11) is 0. The molecule has 0 spiro atoms. The van der Waals surface area contributed by atoms with Gasteiger partial charge in [0.15, 0.2) is 0 Å². The number of aromatic nitrogens is 1. The first-order valence-electron chi connectivity index (χ1n) is 7.80. The molecule has 0 aliphatic carbocycles. The van der Waals surface area contributed by atoms with Gasteiger partial charge in [-0.05, 0) is 13.3 Å². The number of aryl methyl sites for hydroxylation is 1. The Labute approximate surface area is 140 Å². The van der Waals surface area contributed by atoms with E-state index < -0.39 is 5.91 Å². The van der Waals surface area contributed by atoms with Gasteiger partial charge in [-0.3, -0.25) is 14.8 Å². The van der Waals surface area contributed by atoms with Crippen LogP contribution in [0.3, 0.4) is 0 Å². The molecule has 0 radical (unpaired) electrons. The molecule has 2 rings (SSSR count). The highest BCUT2D eigenvalue weighted by molar-refractivity contribution is 6.01. The van der Waals surface area contributed by atoms with Crippen molar-refractivity contribution in [1.82, 2.24) is 15.5 Å². The Kier molecular flexibility index (Phi) is 6.08. The molecule has 7 nitrogen and oxygen atoms in total. The molecule has 0 saturated heterocycles. The molecule has 2 N–H and O–H groups in total. The Morgan fingerprint density at radius 2 is 2.00 bits per heavy atom. The molecule has 1 heterocycles. The van der Waals surface area contributed by atoms with Crippen molar-refractivity contribution in [3.63, 3.8) is 0 Å². The van der Waals surface area contributed by atoms with Crippen molar-refractivity contribution < 1.29 is 19.3 Å². The first kappa shape index (κ1) is 17.7. The van der Waals surface area contributed by atoms with Crippen LogP contribution in [-0.4, -0.2) is 40.2 Å². The molecule has 2 aromatic rings. The molecule has 128 valence electrons. The number of nitrogens with one attached hydrogen (secondary N) is 1. The molecule has 0 aliphatic rings. The van der Waals surface area contributed by atoms with Gasteiger partial charge in [0.1, 0.15) is 24.1 Å². The molecule has 7 heteroatoms. The van der Waals surface area contributed by atoms with Crippen molar-refractivity contribution in [2.75, 3.05) is 13.1 Å². The summed E-state index contributed by atoms with van der Waals surface area (Å²) in [6.45, 7) is 4.14. The normalized spacial score (nSPS) is 10.5. The molecule has 0 saturated carbocycles. The number of amides is 2. The van der Waals surface area contributed by atoms with E-state index in [1.807, 2.05) is 38.1 Å². The van der Waals surface area contributed by atoms with Crippen LogP contribution in [0.25, 0.3) is 11.3 Å². The minimum Gasteiger partial charge on any atom is -0.363 e. The lowest BCUT2D eigenvalue weighted by atomic mass is 10.1. The van der Waals surface area contributed by atoms with Gasteiger partial charge in [-0.1, -0.05) is 48.3 Å². The maximum atomic E-state index is 12.8. The van der Waals surface area contributed by atoms with Crippen LogP contribution in [-0.2, 0) is 4.79 Å². The number of benzene rings is 1. The third-order valence-corrected chi connectivity index (χ3v) is 3.65. The summed E-state index contributed by atoms with van der Waals surface area (Å²) in [6.07, 6.45) is 2.90. The molecule has 2 amide bonds. The van der Waals surface area contributed by atoms with E-state index in [0.717, 1.165) is 24.0 Å². The Balaban J connectivity index is 2.28. The predicted octanol–water partition coefficient (Wildman–Crippen LogP) is 2.40. The average molecular weight is 331 g/mol. The van der Waals surface area contributed by atoms with E-state index in [9.17, 15) is 9.59 Å². The van der Waals surface area contributed by atoms with Crippen molar-refractivity contribution in [2.45, 2.75) is 26.7 Å². The van der Waals surface area contributed by atoms with Crippen LogP contribution >= 0.6 is 0 Å². The number of hydroxylamine groups is 1. The van der Waals surface area contributed by atoms with Gasteiger partial charge < -0.3 is 9.42 Å². The fourth-order valence-electron chi connectivity index (χ4n) is 2.29. The van der Waals surface area contributed by atoms with Gasteiger partial charge in [0.25, 0.3) is 11.8 Å². The molecule has 1 aromatic heterocycles. The summed E-state index contributed by atoms with van der Waals surface area (Å²) < 4.78 is 4.99. The van der Waals surface area contributed by atoms with E-state index in [-0.39, 0.29) is 12.5 Å². The monoisotopic (exact) mass is 331 g/mol. The second-order valence-electron chi connectivity index (χ2n) is 5.56. The van der Waals surface area contributed by atoms with E-state index in [4.69, 9.17) is 9.73 Å². The fourth-order valence-corrected chi connectivity index (χ4v) is 2.29. The minimum atomic E-state index is -0.646. The lowest BCUT2D eigenvalue weighted by Crippen LogP contribution is -2.40. The number of hydrogen-bond acceptors (Lipinski definition) is 5. The van der Waals surface area contributed by atoms with Crippen molar-refractivity contribution >= 4 is 11.8 Å². The Morgan fingerprint density at radius 1 is 1.29 bits per heavy atom. The first-order valence-corrected chi connectivity index (χ1v) is 7.80. The van der Waals surface area contributed by atoms with E-state index in [1.165, 1.54) is 11.2 Å². The number of rotatable bonds is 7. The van der Waals surface area contributed by atoms with Crippen LogP contribution in [0.5, 0.6) is 0 Å². The van der Waals surface area contributed by atoms with Crippen molar-refractivity contribution in [3.05, 3.63) is 41.7 Å². The van der Waals surface area contributed by atoms with Crippen LogP contribution < -0.4 is 5.48 Å². The second-order valence-corrected chi connectivity index (χ2v) is 5.56. The van der Waals surface area contributed by atoms with Gasteiger partial charge in [-0.15, -0.1) is 0 Å². The standard InChI is InChI=1S/C17H21N3O4/c1-3-4-9-20(10-15(21)18-23)17(22)14-11-24-19-16(14)13-7-5-12(2)6-8-13/h5-8,11,23H,3-4,9-10H2,1-2H3,(H,18,21). The molecular weight excluding hydrogens is 310 g/mol. The lowest BCUT2D eigenvalue weighted by Gasteiger charge is -2.21. The van der Waals surface area contributed by atoms with Crippen LogP contribution in [0.2, 0.25) is 0 Å². The molecule has 24 heavy (non-hydrogen) atoms. The number of nitrogens with zero attached hydrogens (tertiary/aromatic N) is 2. The molecular formula is C17H21N3O4. The Morgan fingerprint density at radius 3 is 2.62 bits per heavy atom. The van der Waals surface area contributed by atoms with Gasteiger partial charge in [0.05, 0.1) is 0 Å². The highest BCUT2D eigenvalue weighted by Crippen LogP contribution is 2.24. The van der Waals surface area contributed by atoms with E-state index in [2.05, 4.69) is 5.16 Å². The second kappa shape index (κ2) is 8.26. The molecule has 0 unspecified atom stereocenters. The van der Waals surface area contributed by atoms with Crippen molar-refractivity contribution in [2.24, 2.45) is 0 Å². The van der Waals surface area contributed by atoms with Crippen LogP contribution in [0, 0.1) is 6.92 Å². The number of unbranched alkanes of at least 4 members (excludes halogenated alkanes) is 1. The van der Waals surface area contributed by atoms with Gasteiger partial charge >= 0.3 is 0 Å². The minimum absolute atomic E-state index is 0.228. The summed E-state index contributed by atoms with van der Waals surface area (Å²) in [5.74, 6) is -1.00. The van der Waals surface area contributed by atoms with Crippen molar-refractivity contribution in [1.29, 1.82) is 0 Å². The first-order chi connectivity index (χ1) is 11.6. The molecule has 0 atom stereocenters. The zero-order valence-corrected chi connectivity index (χ0v) is 13.8. The van der Waals surface area contributed by atoms with Gasteiger partial charge in [-0.2, -0.15) is 0 Å². The quantitative estimate of drug-likeness (QED) is 0.600. The summed E-state index contributed by atoms with van der Waals surface area (Å²) in [4.78, 5) is 25.6.